The van der Waals surface area contributed by atoms with Crippen molar-refractivity contribution in [2.75, 3.05) is 33.1 Å². The maximum absolute atomic E-state index is 13.1. The fourth-order valence-corrected chi connectivity index (χ4v) is 9.08. The third-order valence-corrected chi connectivity index (χ3v) is 11.9. The molecule has 0 radical (unpaired) electrons. The van der Waals surface area contributed by atoms with Crippen molar-refractivity contribution in [3.63, 3.8) is 0 Å². The van der Waals surface area contributed by atoms with Gasteiger partial charge in [0.15, 0.2) is 5.71 Å². The first kappa shape index (κ1) is 27.2. The zero-order valence-corrected chi connectivity index (χ0v) is 24.8. The van der Waals surface area contributed by atoms with Crippen molar-refractivity contribution < 1.29 is 34.3 Å². The number of hydrogen-bond acceptors (Lipinski definition) is 7. The van der Waals surface area contributed by atoms with Crippen LogP contribution in [0.3, 0.4) is 0 Å². The summed E-state index contributed by atoms with van der Waals surface area (Å²) in [4.78, 5) is 32.8. The van der Waals surface area contributed by atoms with Gasteiger partial charge in [0, 0.05) is 49.6 Å². The highest BCUT2D eigenvalue weighted by atomic mass is 32.1. The summed E-state index contributed by atoms with van der Waals surface area (Å²) in [6, 6.07) is 10.1. The van der Waals surface area contributed by atoms with Crippen LogP contribution in [0.25, 0.3) is 5.57 Å². The number of fused-ring (bicyclic) bond motifs is 2. The Morgan fingerprint density at radius 2 is 1.68 bits per heavy atom. The molecule has 1 aliphatic carbocycles. The van der Waals surface area contributed by atoms with Gasteiger partial charge in [-0.25, -0.2) is 14.2 Å². The molecule has 2 aromatic heterocycles. The van der Waals surface area contributed by atoms with Crippen molar-refractivity contribution in [2.24, 2.45) is 0 Å². The zero-order chi connectivity index (χ0) is 29.1. The fourth-order valence-electron chi connectivity index (χ4n) is 5.13. The highest BCUT2D eigenvalue weighted by Crippen LogP contribution is 2.44. The molecule has 206 valence electrons. The minimum Gasteiger partial charge on any atom is -0.492 e. The number of hydrogen-bond donors (Lipinski definition) is 3. The Morgan fingerprint density at radius 3 is 2.27 bits per heavy atom. The van der Waals surface area contributed by atoms with Crippen LogP contribution < -0.4 is 14.9 Å². The second-order valence-electron chi connectivity index (χ2n) is 10.6. The molecule has 0 unspecified atom stereocenters. The maximum atomic E-state index is 13.1. The molecular formula is C29H30N3O6SSi+. The average molecular weight is 577 g/mol. The standard InChI is InChI=1S/C29H29N3O6SSi/c1-30(2)16-7-9-18-22(13-16)40(5,6)23-14-17(31(3)4)8-10-19(23)26(18)20-15-21(39-27(20)28(35)36)29(37)38-32-24(33)11-12-25(32)34/h7-15H,1-6H3,(H2-,33,34,35,36)/p+1. The summed E-state index contributed by atoms with van der Waals surface area (Å²) in [6.45, 7) is 4.59. The Kier molecular flexibility index (Phi) is 6.59. The molecule has 1 aromatic carbocycles. The van der Waals surface area contributed by atoms with Gasteiger partial charge < -0.3 is 25.1 Å². The van der Waals surface area contributed by atoms with Crippen LogP contribution in [-0.2, 0) is 0 Å². The molecule has 3 heterocycles. The molecule has 5 rings (SSSR count). The Balaban J connectivity index is 1.76. The van der Waals surface area contributed by atoms with Crippen molar-refractivity contribution in [3.8, 4) is 11.8 Å². The molecule has 1 aliphatic heterocycles. The molecule has 0 saturated carbocycles. The van der Waals surface area contributed by atoms with Crippen LogP contribution in [0.4, 0.5) is 5.69 Å². The number of carboxylic acids is 1. The fraction of sp³-hybridized carbons (Fsp3) is 0.207. The molecule has 0 spiro atoms. The van der Waals surface area contributed by atoms with E-state index < -0.39 is 31.8 Å². The third kappa shape index (κ3) is 4.36. The van der Waals surface area contributed by atoms with E-state index in [2.05, 4.69) is 25.2 Å². The number of rotatable bonds is 5. The molecule has 0 amide bonds. The van der Waals surface area contributed by atoms with Crippen LogP contribution in [0, 0.1) is 0 Å². The van der Waals surface area contributed by atoms with Gasteiger partial charge in [0.05, 0.1) is 0 Å². The minimum atomic E-state index is -2.25. The van der Waals surface area contributed by atoms with Gasteiger partial charge in [-0.1, -0.05) is 19.2 Å². The van der Waals surface area contributed by atoms with E-state index in [0.717, 1.165) is 39.4 Å². The Hall–Kier alpha value is -4.35. The van der Waals surface area contributed by atoms with Gasteiger partial charge in [-0.3, -0.25) is 0 Å². The summed E-state index contributed by atoms with van der Waals surface area (Å²) in [5, 5.41) is 32.4. The predicted octanol–water partition coefficient (Wildman–Crippen LogP) is 3.47. The van der Waals surface area contributed by atoms with Crippen molar-refractivity contribution in [1.29, 1.82) is 0 Å². The zero-order valence-electron chi connectivity index (χ0n) is 23.0. The smallest absolute Gasteiger partial charge is 0.373 e. The number of thiophene rings is 1. The van der Waals surface area contributed by atoms with Gasteiger partial charge in [0.25, 0.3) is 0 Å². The lowest BCUT2D eigenvalue weighted by molar-refractivity contribution is -0.462. The molecule has 11 heteroatoms. The van der Waals surface area contributed by atoms with E-state index in [4.69, 9.17) is 4.84 Å². The number of carbonyl (C=O) groups excluding carboxylic acids is 1. The van der Waals surface area contributed by atoms with Crippen LogP contribution >= 0.6 is 11.3 Å². The van der Waals surface area contributed by atoms with Crippen LogP contribution in [0.1, 0.15) is 30.5 Å². The number of aromatic carboxylic acids is 1. The van der Waals surface area contributed by atoms with Crippen molar-refractivity contribution >= 4 is 53.5 Å². The monoisotopic (exact) mass is 576 g/mol. The van der Waals surface area contributed by atoms with E-state index in [1.807, 2.05) is 62.0 Å². The van der Waals surface area contributed by atoms with E-state index in [9.17, 15) is 24.9 Å². The van der Waals surface area contributed by atoms with Gasteiger partial charge in [-0.05, 0) is 51.4 Å². The molecule has 9 nitrogen and oxygen atoms in total. The van der Waals surface area contributed by atoms with Crippen LogP contribution in [0.2, 0.25) is 13.1 Å². The molecule has 0 atom stereocenters. The lowest BCUT2D eigenvalue weighted by atomic mass is 9.89. The molecule has 0 bridgehead atoms. The largest absolute Gasteiger partial charge is 0.492 e. The average Bonchev–Trinajstić information content (AvgIpc) is 3.48. The first-order valence-electron chi connectivity index (χ1n) is 12.5. The van der Waals surface area contributed by atoms with Gasteiger partial charge in [-0.2, -0.15) is 0 Å². The second kappa shape index (κ2) is 9.68. The first-order chi connectivity index (χ1) is 18.8. The number of allylic oxidation sites excluding steroid dienone is 5. The first-order valence-corrected chi connectivity index (χ1v) is 16.3. The van der Waals surface area contributed by atoms with E-state index in [1.54, 1.807) is 0 Å². The van der Waals surface area contributed by atoms with E-state index >= 15 is 0 Å². The molecule has 0 saturated heterocycles. The van der Waals surface area contributed by atoms with Crippen molar-refractivity contribution in [1.82, 2.24) is 4.73 Å². The number of nitrogens with zero attached hydrogens (tertiary/aromatic N) is 3. The van der Waals surface area contributed by atoms with Crippen LogP contribution in [-0.4, -0.2) is 78.5 Å². The van der Waals surface area contributed by atoms with Crippen molar-refractivity contribution in [3.05, 3.63) is 86.3 Å². The van der Waals surface area contributed by atoms with Crippen LogP contribution in [0.15, 0.2) is 65.4 Å². The van der Waals surface area contributed by atoms with Crippen LogP contribution in [0.5, 0.6) is 11.8 Å². The predicted molar refractivity (Wildman–Crippen MR) is 158 cm³/mol. The number of aromatic nitrogens is 1. The van der Waals surface area contributed by atoms with E-state index in [1.165, 1.54) is 28.6 Å². The molecule has 40 heavy (non-hydrogen) atoms. The normalized spacial score (nSPS) is 15.3. The maximum Gasteiger partial charge on any atom is 0.373 e. The lowest BCUT2D eigenvalue weighted by Crippen LogP contribution is -2.49. The molecule has 0 fully saturated rings. The number of benzene rings is 1. The van der Waals surface area contributed by atoms with Gasteiger partial charge in [0.1, 0.15) is 31.9 Å². The third-order valence-electron chi connectivity index (χ3n) is 7.29. The lowest BCUT2D eigenvalue weighted by Gasteiger charge is -2.38. The van der Waals surface area contributed by atoms with E-state index in [0.29, 0.717) is 10.3 Å². The summed E-state index contributed by atoms with van der Waals surface area (Å²) < 4.78 is 2.63. The summed E-state index contributed by atoms with van der Waals surface area (Å²) in [6.07, 6.45) is 6.24. The highest BCUT2D eigenvalue weighted by Gasteiger charge is 2.41. The van der Waals surface area contributed by atoms with E-state index in [-0.39, 0.29) is 9.75 Å². The quantitative estimate of drug-likeness (QED) is 0.315. The number of carboxylic acid groups (broad SMARTS) is 1. The topological polar surface area (TPSA) is 115 Å². The van der Waals surface area contributed by atoms with Crippen molar-refractivity contribution in [2.45, 2.75) is 13.1 Å². The number of carbonyl (C=O) groups is 2. The molecular weight excluding hydrogens is 546 g/mol. The number of aromatic hydroxyl groups is 2. The molecule has 3 aromatic rings. The summed E-state index contributed by atoms with van der Waals surface area (Å²) >= 11 is 0.792. The Bertz CT molecular complexity index is 1700. The summed E-state index contributed by atoms with van der Waals surface area (Å²) in [7, 11) is 5.71. The summed E-state index contributed by atoms with van der Waals surface area (Å²) in [5.41, 5.74) is 5.12. The minimum absolute atomic E-state index is 0.00505. The van der Waals surface area contributed by atoms with Gasteiger partial charge in [-0.15, -0.1) is 16.1 Å². The second-order valence-corrected chi connectivity index (χ2v) is 16.0. The molecule has 2 aliphatic rings. The SMILES string of the molecule is CN(C)c1ccc2c(c1)[Si](C)(C)C1=CC(=[N+](C)C)C=CC1=C2c1cc(C(=O)On2c(O)ccc2O)sc1C(=O)O. The molecule has 3 N–H and O–H groups in total. The Labute approximate surface area is 236 Å². The van der Waals surface area contributed by atoms with Gasteiger partial charge >= 0.3 is 11.9 Å². The summed E-state index contributed by atoms with van der Waals surface area (Å²) in [5.74, 6) is -3.01. The Morgan fingerprint density at radius 1 is 1.00 bits per heavy atom. The number of anilines is 1. The van der Waals surface area contributed by atoms with Gasteiger partial charge in [0.2, 0.25) is 11.8 Å². The highest BCUT2D eigenvalue weighted by molar-refractivity contribution is 7.16.